The van der Waals surface area contributed by atoms with E-state index < -0.39 is 18.8 Å². The maximum atomic E-state index is 12.5. The number of carbonyl (C=O) groups is 2. The van der Waals surface area contributed by atoms with E-state index >= 15 is 0 Å². The molecule has 154 valence electrons. The molecule has 2 aromatic rings. The zero-order valence-electron chi connectivity index (χ0n) is 15.5. The van der Waals surface area contributed by atoms with Crippen LogP contribution in [-0.2, 0) is 4.79 Å². The molecule has 3 rings (SSSR count). The zero-order valence-corrected chi connectivity index (χ0v) is 15.5. The molecule has 1 saturated carbocycles. The van der Waals surface area contributed by atoms with Gasteiger partial charge in [0.2, 0.25) is 11.8 Å². The van der Waals surface area contributed by atoms with E-state index in [1.165, 1.54) is 36.7 Å². The van der Waals surface area contributed by atoms with E-state index in [0.29, 0.717) is 16.9 Å². The molecule has 1 atom stereocenters. The third-order valence-electron chi connectivity index (χ3n) is 4.21. The average Bonchev–Trinajstić information content (AvgIpc) is 3.52. The van der Waals surface area contributed by atoms with E-state index in [1.54, 1.807) is 6.92 Å². The van der Waals surface area contributed by atoms with Gasteiger partial charge in [0.15, 0.2) is 6.61 Å². The smallest absolute Gasteiger partial charge is 0.422 e. The topological polar surface area (TPSA) is 93.2 Å². The third kappa shape index (κ3) is 6.16. The second-order valence-corrected chi connectivity index (χ2v) is 6.72. The Kier molecular flexibility index (Phi) is 6.00. The Morgan fingerprint density at radius 2 is 2.00 bits per heavy atom. The van der Waals surface area contributed by atoms with E-state index in [-0.39, 0.29) is 23.6 Å². The number of amides is 2. The Labute approximate surface area is 164 Å². The largest absolute Gasteiger partial charge is 0.468 e. The van der Waals surface area contributed by atoms with Crippen LogP contribution in [0.2, 0.25) is 0 Å². The summed E-state index contributed by atoms with van der Waals surface area (Å²) in [4.78, 5) is 32.1. The van der Waals surface area contributed by atoms with Gasteiger partial charge in [0.25, 0.3) is 5.91 Å². The molecule has 0 spiro atoms. The van der Waals surface area contributed by atoms with Crippen molar-refractivity contribution in [2.24, 2.45) is 5.92 Å². The fourth-order valence-corrected chi connectivity index (χ4v) is 2.47. The highest BCUT2D eigenvalue weighted by molar-refractivity contribution is 5.97. The van der Waals surface area contributed by atoms with E-state index in [0.717, 1.165) is 12.8 Å². The summed E-state index contributed by atoms with van der Waals surface area (Å²) in [6.07, 6.45) is 0.0409. The fourth-order valence-electron chi connectivity index (χ4n) is 2.47. The van der Waals surface area contributed by atoms with Crippen LogP contribution in [0.4, 0.5) is 19.0 Å². The van der Waals surface area contributed by atoms with Gasteiger partial charge in [-0.15, -0.1) is 0 Å². The summed E-state index contributed by atoms with van der Waals surface area (Å²) in [6.45, 7) is 0.287. The Hall–Kier alpha value is -3.17. The Bertz CT molecular complexity index is 883. The predicted molar refractivity (Wildman–Crippen MR) is 97.3 cm³/mol. The van der Waals surface area contributed by atoms with Crippen molar-refractivity contribution < 1.29 is 27.5 Å². The van der Waals surface area contributed by atoms with Crippen LogP contribution in [0.15, 0.2) is 36.7 Å². The van der Waals surface area contributed by atoms with Gasteiger partial charge in [-0.2, -0.15) is 13.2 Å². The number of pyridine rings is 2. The normalized spacial score (nSPS) is 14.8. The third-order valence-corrected chi connectivity index (χ3v) is 4.21. The molecule has 1 unspecified atom stereocenters. The summed E-state index contributed by atoms with van der Waals surface area (Å²) in [5.41, 5.74) is 0.907. The number of alkyl halides is 3. The minimum absolute atomic E-state index is 0.0184. The number of hydrogen-bond donors (Lipinski definition) is 2. The lowest BCUT2D eigenvalue weighted by atomic mass is 10.1. The molecule has 0 aliphatic heterocycles. The fraction of sp³-hybridized carbons (Fsp3) is 0.368. The van der Waals surface area contributed by atoms with Crippen molar-refractivity contribution in [3.05, 3.63) is 47.8 Å². The molecule has 7 nitrogen and oxygen atoms in total. The number of halogens is 3. The van der Waals surface area contributed by atoms with Crippen molar-refractivity contribution in [1.29, 1.82) is 0 Å². The van der Waals surface area contributed by atoms with Crippen LogP contribution in [0.3, 0.4) is 0 Å². The molecule has 2 amide bonds. The SMILES string of the molecule is CC(NC(=O)c1ccnc(NC(=O)C2CC2)c1)c1ccc(OCC(F)(F)F)nc1. The van der Waals surface area contributed by atoms with Gasteiger partial charge in [0, 0.05) is 29.9 Å². The van der Waals surface area contributed by atoms with Gasteiger partial charge in [0.1, 0.15) is 5.82 Å². The minimum Gasteiger partial charge on any atom is -0.468 e. The monoisotopic (exact) mass is 408 g/mol. The maximum Gasteiger partial charge on any atom is 0.422 e. The first-order valence-electron chi connectivity index (χ1n) is 8.94. The second-order valence-electron chi connectivity index (χ2n) is 6.72. The van der Waals surface area contributed by atoms with E-state index in [9.17, 15) is 22.8 Å². The molecule has 0 saturated heterocycles. The number of hydrogen-bond acceptors (Lipinski definition) is 5. The van der Waals surface area contributed by atoms with E-state index in [1.807, 2.05) is 0 Å². The van der Waals surface area contributed by atoms with Crippen LogP contribution in [0.5, 0.6) is 5.88 Å². The molecular formula is C19H19F3N4O3. The Morgan fingerprint density at radius 1 is 1.24 bits per heavy atom. The van der Waals surface area contributed by atoms with Crippen LogP contribution < -0.4 is 15.4 Å². The van der Waals surface area contributed by atoms with Crippen molar-refractivity contribution in [2.75, 3.05) is 11.9 Å². The summed E-state index contributed by atoms with van der Waals surface area (Å²) in [5.74, 6) is -0.337. The number of nitrogens with zero attached hydrogens (tertiary/aromatic N) is 2. The number of ether oxygens (including phenoxy) is 1. The highest BCUT2D eigenvalue weighted by Gasteiger charge is 2.30. The second kappa shape index (κ2) is 8.46. The quantitative estimate of drug-likeness (QED) is 0.734. The maximum absolute atomic E-state index is 12.5. The first-order valence-corrected chi connectivity index (χ1v) is 8.94. The van der Waals surface area contributed by atoms with Crippen LogP contribution in [0.1, 0.15) is 41.7 Å². The van der Waals surface area contributed by atoms with Crippen LogP contribution >= 0.6 is 0 Å². The number of aromatic nitrogens is 2. The molecule has 1 fully saturated rings. The standard InChI is InChI=1S/C19H19F3N4O3/c1-11(14-4-5-16(24-9-14)29-10-19(20,21)22)25-18(28)13-6-7-23-15(8-13)26-17(27)12-2-3-12/h4-9,11-12H,2-3,10H2,1H3,(H,25,28)(H,23,26,27). The molecule has 0 radical (unpaired) electrons. The Morgan fingerprint density at radius 3 is 2.62 bits per heavy atom. The summed E-state index contributed by atoms with van der Waals surface area (Å²) in [5, 5.41) is 5.44. The first-order chi connectivity index (χ1) is 13.7. The van der Waals surface area contributed by atoms with Crippen molar-refractivity contribution in [3.63, 3.8) is 0 Å². The van der Waals surface area contributed by atoms with E-state index in [4.69, 9.17) is 0 Å². The van der Waals surface area contributed by atoms with Crippen molar-refractivity contribution >= 4 is 17.6 Å². The average molecular weight is 408 g/mol. The Balaban J connectivity index is 1.57. The summed E-state index contributed by atoms with van der Waals surface area (Å²) in [6, 6.07) is 5.37. The van der Waals surface area contributed by atoms with Crippen molar-refractivity contribution in [3.8, 4) is 5.88 Å². The lowest BCUT2D eigenvalue weighted by Crippen LogP contribution is -2.27. The van der Waals surface area contributed by atoms with Gasteiger partial charge in [-0.1, -0.05) is 6.07 Å². The summed E-state index contributed by atoms with van der Waals surface area (Å²) < 4.78 is 41.1. The number of rotatable bonds is 7. The first kappa shape index (κ1) is 20.6. The van der Waals surface area contributed by atoms with Crippen molar-refractivity contribution in [2.45, 2.75) is 32.0 Å². The lowest BCUT2D eigenvalue weighted by Gasteiger charge is -2.15. The van der Waals surface area contributed by atoms with Crippen LogP contribution in [0, 0.1) is 5.92 Å². The summed E-state index contributed by atoms with van der Waals surface area (Å²) in [7, 11) is 0. The molecule has 2 heterocycles. The van der Waals surface area contributed by atoms with Gasteiger partial charge in [-0.05, 0) is 37.5 Å². The summed E-state index contributed by atoms with van der Waals surface area (Å²) >= 11 is 0. The molecule has 0 bridgehead atoms. The highest BCUT2D eigenvalue weighted by atomic mass is 19.4. The highest BCUT2D eigenvalue weighted by Crippen LogP contribution is 2.30. The number of anilines is 1. The number of carbonyl (C=O) groups excluding carboxylic acids is 2. The predicted octanol–water partition coefficient (Wildman–Crippen LogP) is 3.26. The van der Waals surface area contributed by atoms with E-state index in [2.05, 4.69) is 25.3 Å². The van der Waals surface area contributed by atoms with Gasteiger partial charge in [-0.25, -0.2) is 9.97 Å². The van der Waals surface area contributed by atoms with Gasteiger partial charge < -0.3 is 15.4 Å². The molecule has 2 N–H and O–H groups in total. The van der Waals surface area contributed by atoms with Gasteiger partial charge >= 0.3 is 6.18 Å². The molecule has 0 aromatic carbocycles. The van der Waals surface area contributed by atoms with Gasteiger partial charge in [0.05, 0.1) is 6.04 Å². The van der Waals surface area contributed by atoms with Crippen LogP contribution in [0.25, 0.3) is 0 Å². The molecule has 2 aromatic heterocycles. The zero-order chi connectivity index (χ0) is 21.0. The van der Waals surface area contributed by atoms with Crippen LogP contribution in [-0.4, -0.2) is 34.6 Å². The molecular weight excluding hydrogens is 389 g/mol. The van der Waals surface area contributed by atoms with Gasteiger partial charge in [-0.3, -0.25) is 9.59 Å². The molecule has 1 aliphatic rings. The lowest BCUT2D eigenvalue weighted by molar-refractivity contribution is -0.154. The molecule has 29 heavy (non-hydrogen) atoms. The van der Waals surface area contributed by atoms with Crippen molar-refractivity contribution in [1.82, 2.24) is 15.3 Å². The molecule has 1 aliphatic carbocycles. The molecule has 10 heteroatoms. The minimum atomic E-state index is -4.44. The number of nitrogens with one attached hydrogen (secondary N) is 2.